The lowest BCUT2D eigenvalue weighted by Gasteiger charge is -2.24. The molecule has 1 atom stereocenters. The van der Waals surface area contributed by atoms with E-state index in [9.17, 15) is 4.79 Å². The minimum absolute atomic E-state index is 0.0863. The number of rotatable bonds is 5. The van der Waals surface area contributed by atoms with Crippen LogP contribution >= 0.6 is 11.6 Å². The summed E-state index contributed by atoms with van der Waals surface area (Å²) in [5.41, 5.74) is 0.563. The summed E-state index contributed by atoms with van der Waals surface area (Å²) in [6.07, 6.45) is 0.863. The lowest BCUT2D eigenvalue weighted by atomic mass is 10.1. The molecule has 0 spiro atoms. The number of nitrogens with zero attached hydrogens (tertiary/aromatic N) is 1. The fourth-order valence-electron chi connectivity index (χ4n) is 1.25. The van der Waals surface area contributed by atoms with Crippen LogP contribution in [0.15, 0.2) is 12.2 Å². The molecular formula is C9H17ClN2O. The highest BCUT2D eigenvalue weighted by Crippen LogP contribution is 2.09. The normalized spacial score (nSPS) is 12.7. The molecule has 0 aliphatic rings. The van der Waals surface area contributed by atoms with Crippen molar-refractivity contribution < 1.29 is 4.79 Å². The SMILES string of the molecule is C=C(C(=O)NCCl)C(CC)N(C)C. The minimum atomic E-state index is -0.171. The smallest absolute Gasteiger partial charge is 0.249 e. The van der Waals surface area contributed by atoms with Crippen molar-refractivity contribution in [2.45, 2.75) is 19.4 Å². The maximum Gasteiger partial charge on any atom is 0.249 e. The van der Waals surface area contributed by atoms with E-state index in [0.29, 0.717) is 5.57 Å². The van der Waals surface area contributed by atoms with Crippen molar-refractivity contribution in [2.24, 2.45) is 0 Å². The number of halogens is 1. The number of hydrogen-bond donors (Lipinski definition) is 1. The number of likely N-dealkylation sites (N-methyl/N-ethyl adjacent to an activating group) is 1. The zero-order valence-electron chi connectivity index (χ0n) is 8.43. The highest BCUT2D eigenvalue weighted by atomic mass is 35.5. The zero-order valence-corrected chi connectivity index (χ0v) is 9.19. The summed E-state index contributed by atoms with van der Waals surface area (Å²) in [5.74, 6) is -0.171. The van der Waals surface area contributed by atoms with Crippen molar-refractivity contribution in [3.63, 3.8) is 0 Å². The Morgan fingerprint density at radius 1 is 1.62 bits per heavy atom. The lowest BCUT2D eigenvalue weighted by Crippen LogP contribution is -2.36. The average Bonchev–Trinajstić information content (AvgIpc) is 2.05. The molecule has 0 aromatic rings. The van der Waals surface area contributed by atoms with E-state index < -0.39 is 0 Å². The van der Waals surface area contributed by atoms with Crippen LogP contribution in [0.2, 0.25) is 0 Å². The zero-order chi connectivity index (χ0) is 10.4. The van der Waals surface area contributed by atoms with E-state index in [-0.39, 0.29) is 18.0 Å². The van der Waals surface area contributed by atoms with E-state index in [1.165, 1.54) is 0 Å². The van der Waals surface area contributed by atoms with Gasteiger partial charge in [0.25, 0.3) is 0 Å². The van der Waals surface area contributed by atoms with Gasteiger partial charge in [-0.3, -0.25) is 4.79 Å². The average molecular weight is 205 g/mol. The second-order valence-corrected chi connectivity index (χ2v) is 3.32. The number of hydrogen-bond acceptors (Lipinski definition) is 2. The highest BCUT2D eigenvalue weighted by Gasteiger charge is 2.18. The monoisotopic (exact) mass is 204 g/mol. The van der Waals surface area contributed by atoms with Crippen LogP contribution in [0.3, 0.4) is 0 Å². The summed E-state index contributed by atoms with van der Waals surface area (Å²) in [4.78, 5) is 13.3. The molecule has 0 rings (SSSR count). The van der Waals surface area contributed by atoms with Gasteiger partial charge < -0.3 is 10.2 Å². The lowest BCUT2D eigenvalue weighted by molar-refractivity contribution is -0.117. The van der Waals surface area contributed by atoms with E-state index in [4.69, 9.17) is 11.6 Å². The summed E-state index contributed by atoms with van der Waals surface area (Å²) in [6.45, 7) is 5.77. The molecule has 0 radical (unpaired) electrons. The predicted octanol–water partition coefficient (Wildman–Crippen LogP) is 1.20. The molecule has 1 N–H and O–H groups in total. The Morgan fingerprint density at radius 3 is 2.46 bits per heavy atom. The van der Waals surface area contributed by atoms with Crippen LogP contribution in [0.4, 0.5) is 0 Å². The highest BCUT2D eigenvalue weighted by molar-refractivity contribution is 6.19. The van der Waals surface area contributed by atoms with Crippen molar-refractivity contribution in [1.82, 2.24) is 10.2 Å². The summed E-state index contributed by atoms with van der Waals surface area (Å²) in [5, 5.41) is 2.52. The van der Waals surface area contributed by atoms with E-state index >= 15 is 0 Å². The van der Waals surface area contributed by atoms with E-state index in [1.807, 2.05) is 25.9 Å². The van der Waals surface area contributed by atoms with Gasteiger partial charge in [-0.1, -0.05) is 13.5 Å². The Bertz CT molecular complexity index is 192. The number of amides is 1. The van der Waals surface area contributed by atoms with Gasteiger partial charge in [0, 0.05) is 11.6 Å². The molecule has 0 aromatic heterocycles. The van der Waals surface area contributed by atoms with Crippen LogP contribution in [0.5, 0.6) is 0 Å². The van der Waals surface area contributed by atoms with Crippen LogP contribution in [0, 0.1) is 0 Å². The number of carbonyl (C=O) groups is 1. The summed E-state index contributed by atoms with van der Waals surface area (Å²) >= 11 is 5.38. The molecular weight excluding hydrogens is 188 g/mol. The van der Waals surface area contributed by atoms with Crippen molar-refractivity contribution in [3.8, 4) is 0 Å². The third kappa shape index (κ3) is 3.79. The Kier molecular flexibility index (Phi) is 5.75. The van der Waals surface area contributed by atoms with Gasteiger partial charge in [-0.15, -0.1) is 11.6 Å². The fraction of sp³-hybridized carbons (Fsp3) is 0.667. The fourth-order valence-corrected chi connectivity index (χ4v) is 1.37. The molecule has 1 amide bonds. The minimum Gasteiger partial charge on any atom is -0.339 e. The Morgan fingerprint density at radius 2 is 2.15 bits per heavy atom. The Balaban J connectivity index is 4.28. The molecule has 0 aliphatic heterocycles. The predicted molar refractivity (Wildman–Crippen MR) is 55.8 cm³/mol. The number of alkyl halides is 1. The molecule has 4 heteroatoms. The summed E-state index contributed by atoms with van der Waals surface area (Å²) in [6, 6.07) is 0.213. The van der Waals surface area contributed by atoms with Crippen LogP contribution in [-0.2, 0) is 4.79 Å². The van der Waals surface area contributed by atoms with Gasteiger partial charge in [-0.25, -0.2) is 0 Å². The first-order valence-electron chi connectivity index (χ1n) is 4.24. The molecule has 1 unspecified atom stereocenters. The van der Waals surface area contributed by atoms with Crippen molar-refractivity contribution in [2.75, 3.05) is 20.1 Å². The largest absolute Gasteiger partial charge is 0.339 e. The number of carbonyl (C=O) groups excluding carboxylic acids is 1. The van der Waals surface area contributed by atoms with Gasteiger partial charge in [-0.05, 0) is 20.5 Å². The van der Waals surface area contributed by atoms with Crippen LogP contribution < -0.4 is 5.32 Å². The molecule has 0 saturated carbocycles. The third-order valence-electron chi connectivity index (χ3n) is 1.93. The first-order chi connectivity index (χ1) is 6.04. The van der Waals surface area contributed by atoms with Gasteiger partial charge in [0.15, 0.2) is 0 Å². The first-order valence-corrected chi connectivity index (χ1v) is 4.77. The molecule has 0 aliphatic carbocycles. The van der Waals surface area contributed by atoms with Gasteiger partial charge in [-0.2, -0.15) is 0 Å². The first kappa shape index (κ1) is 12.5. The van der Waals surface area contributed by atoms with Gasteiger partial charge in [0.05, 0.1) is 6.00 Å². The molecule has 0 bridgehead atoms. The molecule has 76 valence electrons. The quantitative estimate of drug-likeness (QED) is 0.415. The van der Waals surface area contributed by atoms with Crippen LogP contribution in [-0.4, -0.2) is 36.9 Å². The van der Waals surface area contributed by atoms with Crippen LogP contribution in [0.1, 0.15) is 13.3 Å². The maximum absolute atomic E-state index is 11.3. The molecule has 0 fully saturated rings. The topological polar surface area (TPSA) is 32.3 Å². The van der Waals surface area contributed by atoms with E-state index in [1.54, 1.807) is 0 Å². The van der Waals surface area contributed by atoms with Gasteiger partial charge in [0.2, 0.25) is 5.91 Å². The molecule has 3 nitrogen and oxygen atoms in total. The standard InChI is InChI=1S/C9H17ClN2O/c1-5-8(12(3)4)7(2)9(13)11-6-10/h8H,2,5-6H2,1,3-4H3,(H,11,13). The third-order valence-corrected chi connectivity index (χ3v) is 2.06. The van der Waals surface area contributed by atoms with Crippen molar-refractivity contribution >= 4 is 17.5 Å². The number of nitrogens with one attached hydrogen (secondary N) is 1. The summed E-state index contributed by atoms with van der Waals surface area (Å²) in [7, 11) is 3.85. The van der Waals surface area contributed by atoms with Gasteiger partial charge in [0.1, 0.15) is 0 Å². The van der Waals surface area contributed by atoms with Gasteiger partial charge >= 0.3 is 0 Å². The Labute approximate surface area is 84.7 Å². The molecule has 13 heavy (non-hydrogen) atoms. The molecule has 0 aromatic carbocycles. The van der Waals surface area contributed by atoms with Crippen LogP contribution in [0.25, 0.3) is 0 Å². The summed E-state index contributed by atoms with van der Waals surface area (Å²) < 4.78 is 0. The second kappa shape index (κ2) is 6.00. The molecule has 0 heterocycles. The van der Waals surface area contributed by atoms with Crippen molar-refractivity contribution in [3.05, 3.63) is 12.2 Å². The second-order valence-electron chi connectivity index (χ2n) is 3.05. The maximum atomic E-state index is 11.3. The van der Waals surface area contributed by atoms with E-state index in [0.717, 1.165) is 6.42 Å². The van der Waals surface area contributed by atoms with E-state index in [2.05, 4.69) is 11.9 Å². The molecule has 0 saturated heterocycles. The Hall–Kier alpha value is -0.540. The van der Waals surface area contributed by atoms with Crippen molar-refractivity contribution in [1.29, 1.82) is 0 Å².